The van der Waals surface area contributed by atoms with Crippen molar-refractivity contribution in [2.24, 2.45) is 0 Å². The highest BCUT2D eigenvalue weighted by Gasteiger charge is 2.46. The van der Waals surface area contributed by atoms with Crippen molar-refractivity contribution >= 4 is 40.4 Å². The van der Waals surface area contributed by atoms with E-state index >= 15 is 0 Å². The second-order valence-electron chi connectivity index (χ2n) is 6.51. The Morgan fingerprint density at radius 2 is 1.88 bits per heavy atom. The topological polar surface area (TPSA) is 279 Å². The number of ether oxygens (including phenoxy) is 1. The summed E-state index contributed by atoms with van der Waals surface area (Å²) in [5.74, 6) is -0.243. The third-order valence-corrected chi connectivity index (χ3v) is 8.30. The SMILES string of the molecule is CP(=O)(OC[C@H]1O[C@@H](n2cnc3c(=O)[nH]c(N)nc32)[C@@H](O)C1O)OP(=O)(O)OP(=O)(O)O. The van der Waals surface area contributed by atoms with E-state index in [-0.39, 0.29) is 17.1 Å². The number of aliphatic hydroxyl groups excluding tert-OH is 2. The third-order valence-electron chi connectivity index (χ3n) is 4.00. The fraction of sp³-hybridized carbons (Fsp3) is 0.545. The van der Waals surface area contributed by atoms with Crippen LogP contribution in [0.15, 0.2) is 11.1 Å². The average Bonchev–Trinajstić information content (AvgIpc) is 3.12. The van der Waals surface area contributed by atoms with Crippen LogP contribution < -0.4 is 11.3 Å². The fourth-order valence-corrected chi connectivity index (χ4v) is 6.36. The van der Waals surface area contributed by atoms with Crippen LogP contribution in [0.5, 0.6) is 0 Å². The highest BCUT2D eigenvalue weighted by molar-refractivity contribution is 7.68. The molecule has 0 bridgehead atoms. The van der Waals surface area contributed by atoms with Crippen molar-refractivity contribution in [1.29, 1.82) is 0 Å². The maximum Gasteiger partial charge on any atom is 0.488 e. The average molecular weight is 521 g/mol. The molecule has 1 fully saturated rings. The molecule has 18 nitrogen and oxygen atoms in total. The van der Waals surface area contributed by atoms with Gasteiger partial charge < -0.3 is 39.9 Å². The number of fused-ring (bicyclic) bond motifs is 1. The van der Waals surface area contributed by atoms with E-state index in [2.05, 4.69) is 23.6 Å². The molecular formula is C11H18N5O13P3. The summed E-state index contributed by atoms with van der Waals surface area (Å²) in [7, 11) is -15.4. The number of aliphatic hydroxyl groups is 2. The molecular weight excluding hydrogens is 503 g/mol. The molecule has 32 heavy (non-hydrogen) atoms. The van der Waals surface area contributed by atoms with Crippen molar-refractivity contribution in [3.63, 3.8) is 0 Å². The third kappa shape index (κ3) is 5.69. The number of nitrogens with zero attached hydrogens (tertiary/aromatic N) is 3. The zero-order valence-corrected chi connectivity index (χ0v) is 18.5. The van der Waals surface area contributed by atoms with Gasteiger partial charge in [0, 0.05) is 6.66 Å². The molecule has 2 aromatic heterocycles. The van der Waals surface area contributed by atoms with Crippen LogP contribution in [-0.2, 0) is 31.6 Å². The van der Waals surface area contributed by atoms with Gasteiger partial charge in [0.25, 0.3) is 5.56 Å². The van der Waals surface area contributed by atoms with E-state index in [1.807, 2.05) is 0 Å². The largest absolute Gasteiger partial charge is 0.488 e. The molecule has 0 spiro atoms. The van der Waals surface area contributed by atoms with Crippen molar-refractivity contribution < 1.29 is 56.5 Å². The van der Waals surface area contributed by atoms with Crippen LogP contribution in [0.25, 0.3) is 11.2 Å². The molecule has 3 unspecified atom stereocenters. The molecule has 3 heterocycles. The number of nitrogens with one attached hydrogen (secondary N) is 1. The molecule has 180 valence electrons. The highest BCUT2D eigenvalue weighted by atomic mass is 31.3. The molecule has 0 amide bonds. The Hall–Kier alpha value is -1.52. The minimum absolute atomic E-state index is 0.0654. The zero-order valence-electron chi connectivity index (χ0n) is 15.9. The van der Waals surface area contributed by atoms with Crippen molar-refractivity contribution in [1.82, 2.24) is 19.5 Å². The Morgan fingerprint density at radius 3 is 2.50 bits per heavy atom. The second-order valence-corrected chi connectivity index (χ2v) is 11.5. The van der Waals surface area contributed by atoms with E-state index in [1.165, 1.54) is 0 Å². The molecule has 1 aliphatic heterocycles. The normalized spacial score (nSPS) is 27.9. The molecule has 8 N–H and O–H groups in total. The van der Waals surface area contributed by atoms with Gasteiger partial charge >= 0.3 is 23.2 Å². The molecule has 2 aromatic rings. The van der Waals surface area contributed by atoms with Gasteiger partial charge in [-0.1, -0.05) is 0 Å². The summed E-state index contributed by atoms with van der Waals surface area (Å²) in [5, 5.41) is 20.6. The summed E-state index contributed by atoms with van der Waals surface area (Å²) in [6.07, 6.45) is -4.85. The van der Waals surface area contributed by atoms with Crippen LogP contribution >= 0.6 is 23.2 Å². The van der Waals surface area contributed by atoms with Gasteiger partial charge in [-0.25, -0.2) is 18.4 Å². The molecule has 0 saturated carbocycles. The number of aromatic amines is 1. The van der Waals surface area contributed by atoms with Crippen LogP contribution in [0.3, 0.4) is 0 Å². The summed E-state index contributed by atoms with van der Waals surface area (Å²) < 4.78 is 53.5. The lowest BCUT2D eigenvalue weighted by molar-refractivity contribution is -0.0482. The lowest BCUT2D eigenvalue weighted by atomic mass is 10.1. The lowest BCUT2D eigenvalue weighted by Crippen LogP contribution is -2.33. The van der Waals surface area contributed by atoms with Crippen LogP contribution in [0.2, 0.25) is 0 Å². The minimum Gasteiger partial charge on any atom is -0.387 e. The van der Waals surface area contributed by atoms with Crippen molar-refractivity contribution in [3.05, 3.63) is 16.7 Å². The van der Waals surface area contributed by atoms with Crippen LogP contribution in [0.4, 0.5) is 5.95 Å². The van der Waals surface area contributed by atoms with E-state index in [1.54, 1.807) is 0 Å². The number of H-pyrrole nitrogens is 1. The number of imidazole rings is 1. The Bertz CT molecular complexity index is 1210. The second kappa shape index (κ2) is 8.68. The molecule has 0 aliphatic carbocycles. The molecule has 21 heteroatoms. The Labute approximate surface area is 177 Å². The number of hydrogen-bond donors (Lipinski definition) is 7. The number of hydrogen-bond acceptors (Lipinski definition) is 13. The Balaban J connectivity index is 1.72. The predicted molar refractivity (Wildman–Crippen MR) is 102 cm³/mol. The van der Waals surface area contributed by atoms with Crippen molar-refractivity contribution in [2.75, 3.05) is 19.0 Å². The van der Waals surface area contributed by atoms with Gasteiger partial charge in [0.1, 0.15) is 18.3 Å². The first-order chi connectivity index (χ1) is 14.6. The van der Waals surface area contributed by atoms with Gasteiger partial charge in [-0.05, 0) is 0 Å². The van der Waals surface area contributed by atoms with Crippen LogP contribution in [0, 0.1) is 0 Å². The molecule has 0 aromatic carbocycles. The Morgan fingerprint density at radius 1 is 1.22 bits per heavy atom. The summed E-state index contributed by atoms with van der Waals surface area (Å²) in [5.41, 5.74) is 4.65. The first-order valence-corrected chi connectivity index (χ1v) is 13.4. The molecule has 1 saturated heterocycles. The van der Waals surface area contributed by atoms with Crippen LogP contribution in [0.1, 0.15) is 6.23 Å². The van der Waals surface area contributed by atoms with E-state index in [0.29, 0.717) is 6.66 Å². The van der Waals surface area contributed by atoms with Gasteiger partial charge in [-0.3, -0.25) is 18.9 Å². The highest BCUT2D eigenvalue weighted by Crippen LogP contribution is 2.66. The number of nitrogen functional groups attached to an aromatic ring is 1. The molecule has 6 atom stereocenters. The molecule has 3 rings (SSSR count). The molecule has 1 aliphatic rings. The first-order valence-electron chi connectivity index (χ1n) is 8.35. The minimum atomic E-state index is -5.48. The summed E-state index contributed by atoms with van der Waals surface area (Å²) in [6.45, 7) is -0.0717. The number of aromatic nitrogens is 4. The number of rotatable bonds is 8. The van der Waals surface area contributed by atoms with E-state index in [4.69, 9.17) is 24.8 Å². The summed E-state index contributed by atoms with van der Waals surface area (Å²) in [4.78, 5) is 48.3. The zero-order chi connectivity index (χ0) is 24.1. The predicted octanol–water partition coefficient (Wildman–Crippen LogP) is -1.61. The molecule has 0 radical (unpaired) electrons. The van der Waals surface area contributed by atoms with Gasteiger partial charge in [0.05, 0.1) is 12.9 Å². The number of phosphoric acid groups is 2. The summed E-state index contributed by atoms with van der Waals surface area (Å²) >= 11 is 0. The fourth-order valence-electron chi connectivity index (χ4n) is 2.80. The van der Waals surface area contributed by atoms with Gasteiger partial charge in [-0.15, -0.1) is 0 Å². The van der Waals surface area contributed by atoms with Crippen molar-refractivity contribution in [2.45, 2.75) is 24.5 Å². The van der Waals surface area contributed by atoms with Crippen molar-refractivity contribution in [3.8, 4) is 0 Å². The lowest BCUT2D eigenvalue weighted by Gasteiger charge is -2.20. The van der Waals surface area contributed by atoms with Gasteiger partial charge in [-0.2, -0.15) is 9.29 Å². The van der Waals surface area contributed by atoms with E-state index in [0.717, 1.165) is 10.9 Å². The van der Waals surface area contributed by atoms with E-state index < -0.39 is 59.9 Å². The number of anilines is 1. The number of nitrogens with two attached hydrogens (primary N) is 1. The van der Waals surface area contributed by atoms with Crippen LogP contribution in [-0.4, -0.2) is 76.0 Å². The summed E-state index contributed by atoms with van der Waals surface area (Å²) in [6, 6.07) is 0. The van der Waals surface area contributed by atoms with Gasteiger partial charge in [0.2, 0.25) is 5.95 Å². The quantitative estimate of drug-likeness (QED) is 0.192. The Kier molecular flexibility index (Phi) is 6.81. The monoisotopic (exact) mass is 521 g/mol. The maximum atomic E-state index is 12.2. The smallest absolute Gasteiger partial charge is 0.387 e. The maximum absolute atomic E-state index is 12.2. The van der Waals surface area contributed by atoms with Gasteiger partial charge in [0.15, 0.2) is 17.4 Å². The van der Waals surface area contributed by atoms with E-state index in [9.17, 15) is 33.6 Å². The standard InChI is InChI=1S/C11H18N5O13P3/c1-30(20,28-32(24,25)29-31(21,22)23)26-2-4-6(17)7(18)10(27-4)16-3-13-5-8(16)14-11(12)15-9(5)19/h3-4,6-7,10,17-18H,2H2,1H3,(H,24,25)(H2,21,22,23)(H3,12,14,15,19)/t4-,6?,7+,10-,30?/m1/s1. The first kappa shape index (κ1) is 25.1.